The van der Waals surface area contributed by atoms with Gasteiger partial charge in [-0.05, 0) is 36.4 Å². The molecule has 0 atom stereocenters. The van der Waals surface area contributed by atoms with Crippen molar-refractivity contribution < 1.29 is 0 Å². The van der Waals surface area contributed by atoms with Gasteiger partial charge in [0.15, 0.2) is 0 Å². The molecule has 0 aliphatic carbocycles. The summed E-state index contributed by atoms with van der Waals surface area (Å²) < 4.78 is 0. The second-order valence-electron chi connectivity index (χ2n) is 6.46. The third kappa shape index (κ3) is 3.75. The molecule has 0 spiro atoms. The van der Waals surface area contributed by atoms with Crippen molar-refractivity contribution in [1.82, 2.24) is 14.9 Å². The molecule has 0 radical (unpaired) electrons. The van der Waals surface area contributed by atoms with Crippen molar-refractivity contribution in [2.45, 2.75) is 12.8 Å². The molecule has 3 aromatic rings. The fourth-order valence-electron chi connectivity index (χ4n) is 3.43. The van der Waals surface area contributed by atoms with Gasteiger partial charge in [-0.15, -0.1) is 11.3 Å². The van der Waals surface area contributed by atoms with E-state index in [1.807, 2.05) is 0 Å². The first-order valence-corrected chi connectivity index (χ1v) is 9.69. The van der Waals surface area contributed by atoms with Gasteiger partial charge < -0.3 is 10.6 Å². The maximum absolute atomic E-state index is 5.89. The summed E-state index contributed by atoms with van der Waals surface area (Å²) in [4.78, 5) is 14.7. The molecule has 0 unspecified atom stereocenters. The Bertz CT molecular complexity index is 824. The molecule has 25 heavy (non-hydrogen) atoms. The van der Waals surface area contributed by atoms with E-state index in [-0.39, 0.29) is 0 Å². The van der Waals surface area contributed by atoms with Gasteiger partial charge in [0.2, 0.25) is 5.95 Å². The smallest absolute Gasteiger partial charge is 0.223 e. The molecule has 1 fully saturated rings. The number of rotatable bonds is 5. The SMILES string of the molecule is Nc1nc(N2CCN(CCCc3ccccc3)CC2)c2ccsc2n1. The number of nitrogen functional groups attached to an aromatic ring is 1. The molecule has 2 aromatic heterocycles. The number of thiophene rings is 1. The Labute approximate surface area is 152 Å². The van der Waals surface area contributed by atoms with Gasteiger partial charge in [-0.25, -0.2) is 4.98 Å². The molecule has 0 saturated carbocycles. The number of nitrogens with two attached hydrogens (primary N) is 1. The van der Waals surface area contributed by atoms with Gasteiger partial charge in [0.25, 0.3) is 0 Å². The molecule has 2 N–H and O–H groups in total. The van der Waals surface area contributed by atoms with Gasteiger partial charge in [-0.2, -0.15) is 4.98 Å². The minimum atomic E-state index is 0.371. The van der Waals surface area contributed by atoms with Crippen LogP contribution in [0, 0.1) is 0 Å². The van der Waals surface area contributed by atoms with Crippen LogP contribution in [0.3, 0.4) is 0 Å². The van der Waals surface area contributed by atoms with Crippen molar-refractivity contribution in [3.05, 3.63) is 47.3 Å². The first-order valence-electron chi connectivity index (χ1n) is 8.81. The average molecular weight is 353 g/mol. The summed E-state index contributed by atoms with van der Waals surface area (Å²) in [6, 6.07) is 12.8. The summed E-state index contributed by atoms with van der Waals surface area (Å²) in [5.41, 5.74) is 7.31. The second kappa shape index (κ2) is 7.37. The van der Waals surface area contributed by atoms with Crippen LogP contribution in [0.15, 0.2) is 41.8 Å². The maximum Gasteiger partial charge on any atom is 0.223 e. The Morgan fingerprint density at radius 3 is 2.60 bits per heavy atom. The van der Waals surface area contributed by atoms with E-state index in [2.05, 4.69) is 61.5 Å². The highest BCUT2D eigenvalue weighted by Gasteiger charge is 2.20. The number of aryl methyl sites for hydroxylation is 1. The Morgan fingerprint density at radius 1 is 1.00 bits per heavy atom. The van der Waals surface area contributed by atoms with E-state index < -0.39 is 0 Å². The first-order chi connectivity index (χ1) is 12.3. The third-order valence-corrected chi connectivity index (χ3v) is 5.58. The molecular formula is C19H23N5S. The van der Waals surface area contributed by atoms with Crippen LogP contribution in [-0.2, 0) is 6.42 Å². The lowest BCUT2D eigenvalue weighted by atomic mass is 10.1. The van der Waals surface area contributed by atoms with Crippen molar-refractivity contribution in [2.75, 3.05) is 43.4 Å². The fourth-order valence-corrected chi connectivity index (χ4v) is 4.20. The zero-order chi connectivity index (χ0) is 17.1. The number of hydrogen-bond donors (Lipinski definition) is 1. The lowest BCUT2D eigenvalue weighted by Gasteiger charge is -2.35. The average Bonchev–Trinajstić information content (AvgIpc) is 3.11. The molecule has 1 aliphatic rings. The molecule has 1 aromatic carbocycles. The summed E-state index contributed by atoms with van der Waals surface area (Å²) in [6.07, 6.45) is 2.36. The number of hydrogen-bond acceptors (Lipinski definition) is 6. The molecule has 0 amide bonds. The lowest BCUT2D eigenvalue weighted by molar-refractivity contribution is 0.255. The molecule has 1 saturated heterocycles. The quantitative estimate of drug-likeness (QED) is 0.764. The minimum Gasteiger partial charge on any atom is -0.368 e. The zero-order valence-electron chi connectivity index (χ0n) is 14.3. The van der Waals surface area contributed by atoms with Crippen LogP contribution in [0.2, 0.25) is 0 Å². The van der Waals surface area contributed by atoms with E-state index in [4.69, 9.17) is 5.73 Å². The molecule has 3 heterocycles. The molecule has 5 nitrogen and oxygen atoms in total. The largest absolute Gasteiger partial charge is 0.368 e. The van der Waals surface area contributed by atoms with Gasteiger partial charge in [0.1, 0.15) is 10.6 Å². The Balaban J connectivity index is 1.33. The number of aromatic nitrogens is 2. The molecule has 0 bridgehead atoms. The Hall–Kier alpha value is -2.18. The lowest BCUT2D eigenvalue weighted by Crippen LogP contribution is -2.47. The maximum atomic E-state index is 5.89. The highest BCUT2D eigenvalue weighted by atomic mass is 32.1. The third-order valence-electron chi connectivity index (χ3n) is 4.78. The Kier molecular flexibility index (Phi) is 4.81. The van der Waals surface area contributed by atoms with E-state index in [1.54, 1.807) is 11.3 Å². The number of piperazine rings is 1. The van der Waals surface area contributed by atoms with Crippen LogP contribution in [0.5, 0.6) is 0 Å². The van der Waals surface area contributed by atoms with Crippen molar-refractivity contribution in [2.24, 2.45) is 0 Å². The predicted molar refractivity (Wildman–Crippen MR) is 105 cm³/mol. The van der Waals surface area contributed by atoms with Crippen LogP contribution < -0.4 is 10.6 Å². The van der Waals surface area contributed by atoms with Gasteiger partial charge in [0.05, 0.1) is 5.39 Å². The highest BCUT2D eigenvalue weighted by Crippen LogP contribution is 2.29. The van der Waals surface area contributed by atoms with E-state index >= 15 is 0 Å². The van der Waals surface area contributed by atoms with E-state index in [0.717, 1.165) is 55.2 Å². The van der Waals surface area contributed by atoms with Crippen molar-refractivity contribution in [3.8, 4) is 0 Å². The molecule has 4 rings (SSSR count). The molecule has 6 heteroatoms. The van der Waals surface area contributed by atoms with Gasteiger partial charge in [-0.1, -0.05) is 30.3 Å². The number of anilines is 2. The van der Waals surface area contributed by atoms with E-state index in [0.29, 0.717) is 5.95 Å². The monoisotopic (exact) mass is 353 g/mol. The predicted octanol–water partition coefficient (Wildman–Crippen LogP) is 3.03. The summed E-state index contributed by atoms with van der Waals surface area (Å²) >= 11 is 1.62. The highest BCUT2D eigenvalue weighted by molar-refractivity contribution is 7.16. The van der Waals surface area contributed by atoms with Crippen molar-refractivity contribution in [1.29, 1.82) is 0 Å². The number of benzene rings is 1. The van der Waals surface area contributed by atoms with Crippen molar-refractivity contribution in [3.63, 3.8) is 0 Å². The Morgan fingerprint density at radius 2 is 1.80 bits per heavy atom. The summed E-state index contributed by atoms with van der Waals surface area (Å²) in [5.74, 6) is 1.36. The standard InChI is InChI=1S/C19H23N5S/c20-19-21-17(16-8-14-25-18(16)22-19)24-12-10-23(11-13-24)9-4-7-15-5-2-1-3-6-15/h1-3,5-6,8,14H,4,7,9-13H2,(H2,20,21,22). The van der Waals surface area contributed by atoms with Crippen LogP contribution in [0.25, 0.3) is 10.2 Å². The van der Waals surface area contributed by atoms with E-state index in [9.17, 15) is 0 Å². The van der Waals surface area contributed by atoms with Crippen molar-refractivity contribution >= 4 is 33.3 Å². The van der Waals surface area contributed by atoms with Crippen LogP contribution in [0.1, 0.15) is 12.0 Å². The minimum absolute atomic E-state index is 0.371. The second-order valence-corrected chi connectivity index (χ2v) is 7.36. The van der Waals surface area contributed by atoms with Gasteiger partial charge >= 0.3 is 0 Å². The van der Waals surface area contributed by atoms with Crippen LogP contribution in [0.4, 0.5) is 11.8 Å². The van der Waals surface area contributed by atoms with Gasteiger partial charge in [-0.3, -0.25) is 4.90 Å². The summed E-state index contributed by atoms with van der Waals surface area (Å²) in [7, 11) is 0. The molecular weight excluding hydrogens is 330 g/mol. The summed E-state index contributed by atoms with van der Waals surface area (Å²) in [6.45, 7) is 5.29. The fraction of sp³-hybridized carbons (Fsp3) is 0.368. The van der Waals surface area contributed by atoms with E-state index in [1.165, 1.54) is 12.0 Å². The van der Waals surface area contributed by atoms with Crippen LogP contribution >= 0.6 is 11.3 Å². The zero-order valence-corrected chi connectivity index (χ0v) is 15.1. The molecule has 130 valence electrons. The van der Waals surface area contributed by atoms with Crippen LogP contribution in [-0.4, -0.2) is 47.6 Å². The first kappa shape index (κ1) is 16.3. The topological polar surface area (TPSA) is 58.3 Å². The van der Waals surface area contributed by atoms with Gasteiger partial charge in [0, 0.05) is 26.2 Å². The normalized spacial score (nSPS) is 15.8. The summed E-state index contributed by atoms with van der Waals surface area (Å²) in [5, 5.41) is 3.18. The molecule has 1 aliphatic heterocycles. The number of fused-ring (bicyclic) bond motifs is 1. The number of nitrogens with zero attached hydrogens (tertiary/aromatic N) is 4.